The Balaban J connectivity index is 1.79. The highest BCUT2D eigenvalue weighted by Crippen LogP contribution is 2.39. The van der Waals surface area contributed by atoms with Crippen molar-refractivity contribution in [3.8, 4) is 11.8 Å². The van der Waals surface area contributed by atoms with E-state index >= 15 is 0 Å². The van der Waals surface area contributed by atoms with Gasteiger partial charge in [0.25, 0.3) is 5.91 Å². The van der Waals surface area contributed by atoms with E-state index in [9.17, 15) is 14.4 Å². The van der Waals surface area contributed by atoms with Crippen molar-refractivity contribution in [2.24, 2.45) is 0 Å². The van der Waals surface area contributed by atoms with Gasteiger partial charge >= 0.3 is 0 Å². The molecule has 0 bridgehead atoms. The van der Waals surface area contributed by atoms with E-state index in [4.69, 9.17) is 16.3 Å². The first kappa shape index (κ1) is 22.5. The number of hydrogen-bond acceptors (Lipinski definition) is 6. The zero-order valence-electron chi connectivity index (χ0n) is 18.1. The molecule has 0 saturated carbocycles. The molecule has 0 aliphatic carbocycles. The third-order valence-corrected chi connectivity index (χ3v) is 5.41. The number of benzene rings is 2. The van der Waals surface area contributed by atoms with E-state index < -0.39 is 5.82 Å². The fourth-order valence-electron chi connectivity index (χ4n) is 3.52. The average Bonchev–Trinajstić information content (AvgIpc) is 2.79. The van der Waals surface area contributed by atoms with Gasteiger partial charge in [0.1, 0.15) is 24.2 Å². The summed E-state index contributed by atoms with van der Waals surface area (Å²) in [4.78, 5) is 20.9. The lowest BCUT2D eigenvalue weighted by atomic mass is 10.1. The lowest BCUT2D eigenvalue weighted by Crippen LogP contribution is -2.37. The molecule has 2 heterocycles. The third kappa shape index (κ3) is 4.75. The number of nitrogens with one attached hydrogen (secondary N) is 1. The zero-order chi connectivity index (χ0) is 23.5. The summed E-state index contributed by atoms with van der Waals surface area (Å²) in [7, 11) is 3.85. The number of rotatable bonds is 5. The number of pyridine rings is 1. The third-order valence-electron chi connectivity index (χ3n) is 5.12. The lowest BCUT2D eigenvalue weighted by Gasteiger charge is -2.29. The van der Waals surface area contributed by atoms with Crippen molar-refractivity contribution in [1.29, 1.82) is 5.26 Å². The van der Waals surface area contributed by atoms with Crippen LogP contribution in [-0.2, 0) is 4.79 Å². The molecule has 7 nitrogen and oxygen atoms in total. The number of carbonyl (C=O) groups is 1. The molecule has 4 rings (SSSR count). The van der Waals surface area contributed by atoms with Crippen LogP contribution in [0.25, 0.3) is 10.9 Å². The maximum Gasteiger partial charge on any atom is 0.250 e. The predicted octanol–water partition coefficient (Wildman–Crippen LogP) is 4.49. The molecule has 0 atom stereocenters. The minimum atomic E-state index is -0.537. The Kier molecular flexibility index (Phi) is 6.45. The van der Waals surface area contributed by atoms with Crippen LogP contribution in [0.1, 0.15) is 5.56 Å². The topological polar surface area (TPSA) is 81.5 Å². The summed E-state index contributed by atoms with van der Waals surface area (Å²) in [5.41, 5.74) is 2.46. The highest BCUT2D eigenvalue weighted by Gasteiger charge is 2.24. The lowest BCUT2D eigenvalue weighted by molar-refractivity contribution is -0.114. The predicted molar refractivity (Wildman–Crippen MR) is 127 cm³/mol. The summed E-state index contributed by atoms with van der Waals surface area (Å²) in [6.07, 6.45) is 4.81. The Morgan fingerprint density at radius 2 is 2.21 bits per heavy atom. The quantitative estimate of drug-likeness (QED) is 0.559. The van der Waals surface area contributed by atoms with Gasteiger partial charge in [-0.15, -0.1) is 0 Å². The zero-order valence-corrected chi connectivity index (χ0v) is 18.9. The molecule has 1 N–H and O–H groups in total. The van der Waals surface area contributed by atoms with Gasteiger partial charge in [0.05, 0.1) is 34.0 Å². The molecule has 3 aromatic rings. The molecule has 1 amide bonds. The Bertz CT molecular complexity index is 1300. The first-order valence-electron chi connectivity index (χ1n) is 10.2. The fourth-order valence-corrected chi connectivity index (χ4v) is 3.70. The molecule has 9 heteroatoms. The van der Waals surface area contributed by atoms with Crippen LogP contribution in [0.2, 0.25) is 5.02 Å². The molecule has 0 fully saturated rings. The van der Waals surface area contributed by atoms with E-state index in [1.165, 1.54) is 24.4 Å². The minimum Gasteiger partial charge on any atom is -0.489 e. The van der Waals surface area contributed by atoms with E-state index in [0.717, 1.165) is 0 Å². The Labute approximate surface area is 195 Å². The van der Waals surface area contributed by atoms with Crippen molar-refractivity contribution in [3.63, 3.8) is 0 Å². The number of anilines is 3. The summed E-state index contributed by atoms with van der Waals surface area (Å²) < 4.78 is 19.4. The molecule has 0 unspecified atom stereocenters. The molecule has 1 aliphatic rings. The smallest absolute Gasteiger partial charge is 0.250 e. The average molecular weight is 466 g/mol. The Morgan fingerprint density at radius 3 is 2.94 bits per heavy atom. The molecule has 168 valence electrons. The maximum absolute atomic E-state index is 13.6. The molecule has 0 spiro atoms. The Hall–Kier alpha value is -3.67. The van der Waals surface area contributed by atoms with Crippen molar-refractivity contribution < 1.29 is 13.9 Å². The molecular weight excluding hydrogens is 445 g/mol. The number of aromatic nitrogens is 1. The van der Waals surface area contributed by atoms with Gasteiger partial charge in [-0.05, 0) is 38.4 Å². The highest BCUT2D eigenvalue weighted by atomic mass is 35.5. The summed E-state index contributed by atoms with van der Waals surface area (Å²) in [5, 5.41) is 13.4. The van der Waals surface area contributed by atoms with Crippen LogP contribution < -0.4 is 15.0 Å². The van der Waals surface area contributed by atoms with Gasteiger partial charge in [-0.1, -0.05) is 17.7 Å². The summed E-state index contributed by atoms with van der Waals surface area (Å²) in [6, 6.07) is 9.87. The number of amides is 1. The number of ether oxygens (including phenoxy) is 1. The number of carbonyl (C=O) groups excluding carboxylic acids is 1. The number of hydrogen-bond donors (Lipinski definition) is 1. The van der Waals surface area contributed by atoms with Crippen molar-refractivity contribution in [3.05, 3.63) is 65.1 Å². The van der Waals surface area contributed by atoms with Crippen molar-refractivity contribution in [2.45, 2.75) is 0 Å². The van der Waals surface area contributed by atoms with Crippen LogP contribution in [0.5, 0.6) is 5.75 Å². The maximum atomic E-state index is 13.6. The van der Waals surface area contributed by atoms with Gasteiger partial charge in [-0.25, -0.2) is 4.39 Å². The van der Waals surface area contributed by atoms with Gasteiger partial charge in [0.2, 0.25) is 0 Å². The SMILES string of the molecule is CN(C)CC=CC(=O)N1CCOc2cc3ncc(C#N)c(Nc4ccc(F)c(Cl)c4)c3cc21. The molecule has 2 aromatic carbocycles. The number of fused-ring (bicyclic) bond motifs is 2. The summed E-state index contributed by atoms with van der Waals surface area (Å²) in [5.74, 6) is -0.161. The Morgan fingerprint density at radius 1 is 1.39 bits per heavy atom. The van der Waals surface area contributed by atoms with Crippen LogP contribution >= 0.6 is 11.6 Å². The minimum absolute atomic E-state index is 0.0380. The van der Waals surface area contributed by atoms with E-state index in [0.29, 0.717) is 59.0 Å². The van der Waals surface area contributed by atoms with Gasteiger partial charge in [0, 0.05) is 36.0 Å². The van der Waals surface area contributed by atoms with Gasteiger partial charge < -0.3 is 19.9 Å². The van der Waals surface area contributed by atoms with Crippen LogP contribution in [0.4, 0.5) is 21.5 Å². The van der Waals surface area contributed by atoms with Gasteiger partial charge in [-0.2, -0.15) is 5.26 Å². The second-order valence-electron chi connectivity index (χ2n) is 7.75. The largest absolute Gasteiger partial charge is 0.489 e. The molecule has 0 radical (unpaired) electrons. The molecule has 1 aromatic heterocycles. The number of likely N-dealkylation sites (N-methyl/N-ethyl adjacent to an activating group) is 1. The second kappa shape index (κ2) is 9.45. The number of halogens is 2. The van der Waals surface area contributed by atoms with Crippen LogP contribution in [-0.4, -0.2) is 49.6 Å². The van der Waals surface area contributed by atoms with Crippen molar-refractivity contribution >= 4 is 45.5 Å². The van der Waals surface area contributed by atoms with E-state index in [1.54, 1.807) is 29.2 Å². The van der Waals surface area contributed by atoms with E-state index in [-0.39, 0.29) is 10.9 Å². The number of nitriles is 1. The van der Waals surface area contributed by atoms with Crippen LogP contribution in [0, 0.1) is 17.1 Å². The summed E-state index contributed by atoms with van der Waals surface area (Å²) in [6.45, 7) is 1.40. The first-order chi connectivity index (χ1) is 15.9. The fraction of sp³-hybridized carbons (Fsp3) is 0.208. The highest BCUT2D eigenvalue weighted by molar-refractivity contribution is 6.31. The van der Waals surface area contributed by atoms with Crippen LogP contribution in [0.3, 0.4) is 0 Å². The molecular formula is C24H21ClFN5O2. The van der Waals surface area contributed by atoms with Crippen molar-refractivity contribution in [2.75, 3.05) is 44.0 Å². The van der Waals surface area contributed by atoms with E-state index in [1.807, 2.05) is 19.0 Å². The second-order valence-corrected chi connectivity index (χ2v) is 8.16. The monoisotopic (exact) mass is 465 g/mol. The normalized spacial score (nSPS) is 13.2. The summed E-state index contributed by atoms with van der Waals surface area (Å²) >= 11 is 5.92. The standard InChI is InChI=1S/C24H21ClFN5O2/c1-30(2)7-3-4-23(32)31-8-9-33-22-12-20-17(11-21(22)31)24(15(13-27)14-28-20)29-16-5-6-19(26)18(25)10-16/h3-6,10-12,14H,7-9H2,1-2H3,(H,28,29). The van der Waals surface area contributed by atoms with Crippen LogP contribution in [0.15, 0.2) is 48.7 Å². The molecule has 33 heavy (non-hydrogen) atoms. The first-order valence-corrected chi connectivity index (χ1v) is 10.6. The van der Waals surface area contributed by atoms with E-state index in [2.05, 4.69) is 16.4 Å². The number of nitrogens with zero attached hydrogens (tertiary/aromatic N) is 4. The molecule has 0 saturated heterocycles. The van der Waals surface area contributed by atoms with Gasteiger partial charge in [-0.3, -0.25) is 9.78 Å². The molecule has 1 aliphatic heterocycles. The van der Waals surface area contributed by atoms with Crippen molar-refractivity contribution in [1.82, 2.24) is 9.88 Å². The van der Waals surface area contributed by atoms with Gasteiger partial charge in [0.15, 0.2) is 0 Å².